The third kappa shape index (κ3) is 4.18. The summed E-state index contributed by atoms with van der Waals surface area (Å²) >= 11 is 0. The average Bonchev–Trinajstić information content (AvgIpc) is 2.79. The Balaban J connectivity index is 1.72. The Hall–Kier alpha value is -3.34. The van der Waals surface area contributed by atoms with Crippen molar-refractivity contribution in [2.24, 2.45) is 0 Å². The number of carbonyl (C=O) groups excluding carboxylic acids is 2. The topological polar surface area (TPSA) is 101 Å². The van der Waals surface area contributed by atoms with Crippen LogP contribution in [-0.2, 0) is 11.3 Å². The molecule has 11 heteroatoms. The van der Waals surface area contributed by atoms with Crippen molar-refractivity contribution in [2.45, 2.75) is 51.2 Å². The van der Waals surface area contributed by atoms with Crippen molar-refractivity contribution in [1.29, 1.82) is 0 Å². The van der Waals surface area contributed by atoms with Crippen LogP contribution in [0.3, 0.4) is 0 Å². The summed E-state index contributed by atoms with van der Waals surface area (Å²) in [7, 11) is 0. The number of amides is 2. The van der Waals surface area contributed by atoms with Crippen molar-refractivity contribution < 1.29 is 32.6 Å². The van der Waals surface area contributed by atoms with Gasteiger partial charge in [-0.1, -0.05) is 13.3 Å². The van der Waals surface area contributed by atoms with E-state index in [1.165, 1.54) is 10.8 Å². The maximum Gasteiger partial charge on any atom is 0.275 e. The molecule has 2 aromatic rings. The SMILES string of the molecule is CCCCN1C(=O)c2c(O)c(=O)c(C(=O)NCc3c(F)cc(F)cc3F)cn2[C@H]2CCOC[C@]21C. The van der Waals surface area contributed by atoms with Crippen molar-refractivity contribution in [3.8, 4) is 5.75 Å². The van der Waals surface area contributed by atoms with E-state index in [4.69, 9.17) is 4.74 Å². The summed E-state index contributed by atoms with van der Waals surface area (Å²) in [6, 6.07) is 0.573. The maximum absolute atomic E-state index is 13.9. The van der Waals surface area contributed by atoms with Gasteiger partial charge in [-0.05, 0) is 19.8 Å². The molecule has 0 spiro atoms. The molecule has 1 aromatic carbocycles. The molecule has 0 aliphatic carbocycles. The molecule has 8 nitrogen and oxygen atoms in total. The summed E-state index contributed by atoms with van der Waals surface area (Å²) in [4.78, 5) is 40.7. The molecular weight excluding hydrogens is 467 g/mol. The molecule has 2 amide bonds. The normalized spacial score (nSPS) is 21.5. The van der Waals surface area contributed by atoms with Crippen molar-refractivity contribution in [2.75, 3.05) is 19.8 Å². The standard InChI is InChI=1S/C24H26F3N3O5/c1-3-4-6-30-23(34)19-21(32)20(31)15(11-29(19)18-5-7-35-12-24(18,30)2)22(33)28-10-14-16(26)8-13(25)9-17(14)27/h8-9,11,18,32H,3-7,10,12H2,1-2H3,(H,28,33)/t18-,24+/m0/s1. The molecule has 0 unspecified atom stereocenters. The third-order valence-electron chi connectivity index (χ3n) is 6.77. The zero-order valence-electron chi connectivity index (χ0n) is 19.4. The van der Waals surface area contributed by atoms with E-state index in [1.54, 1.807) is 4.90 Å². The Bertz CT molecular complexity index is 1220. The molecular formula is C24H26F3N3O5. The third-order valence-corrected chi connectivity index (χ3v) is 6.77. The molecule has 0 saturated carbocycles. The number of halogens is 3. The Morgan fingerprint density at radius 2 is 1.94 bits per heavy atom. The second kappa shape index (κ2) is 9.37. The highest BCUT2D eigenvalue weighted by atomic mass is 19.1. The first-order valence-electron chi connectivity index (χ1n) is 11.4. The minimum absolute atomic E-state index is 0.206. The molecule has 2 atom stereocenters. The lowest BCUT2D eigenvalue weighted by Crippen LogP contribution is -2.64. The van der Waals surface area contributed by atoms with Crippen LogP contribution in [0.4, 0.5) is 13.2 Å². The van der Waals surface area contributed by atoms with E-state index in [1.807, 2.05) is 13.8 Å². The fourth-order valence-electron chi connectivity index (χ4n) is 4.85. The van der Waals surface area contributed by atoms with E-state index in [-0.39, 0.29) is 18.3 Å². The van der Waals surface area contributed by atoms with E-state index < -0.39 is 63.7 Å². The second-order valence-corrected chi connectivity index (χ2v) is 9.03. The first-order chi connectivity index (χ1) is 16.6. The largest absolute Gasteiger partial charge is 0.503 e. The second-order valence-electron chi connectivity index (χ2n) is 9.03. The molecule has 1 fully saturated rings. The summed E-state index contributed by atoms with van der Waals surface area (Å²) in [5, 5.41) is 12.9. The molecule has 188 valence electrons. The van der Waals surface area contributed by atoms with Crippen LogP contribution < -0.4 is 10.7 Å². The summed E-state index contributed by atoms with van der Waals surface area (Å²) in [5.74, 6) is -5.90. The van der Waals surface area contributed by atoms with Gasteiger partial charge in [0.2, 0.25) is 5.43 Å². The Labute approximate surface area is 199 Å². The van der Waals surface area contributed by atoms with Gasteiger partial charge < -0.3 is 24.6 Å². The fourth-order valence-corrected chi connectivity index (χ4v) is 4.85. The van der Waals surface area contributed by atoms with Crippen molar-refractivity contribution in [3.63, 3.8) is 0 Å². The number of nitrogens with one attached hydrogen (secondary N) is 1. The molecule has 0 bridgehead atoms. The van der Waals surface area contributed by atoms with Crippen LogP contribution in [0.2, 0.25) is 0 Å². The maximum atomic E-state index is 13.9. The number of carbonyl (C=O) groups is 2. The Kier molecular flexibility index (Phi) is 6.63. The van der Waals surface area contributed by atoms with Gasteiger partial charge in [0.1, 0.15) is 23.0 Å². The van der Waals surface area contributed by atoms with Gasteiger partial charge in [-0.2, -0.15) is 0 Å². The van der Waals surface area contributed by atoms with Crippen LogP contribution in [-0.4, -0.2) is 51.7 Å². The van der Waals surface area contributed by atoms with Crippen LogP contribution in [0.15, 0.2) is 23.1 Å². The number of aromatic hydroxyl groups is 1. The van der Waals surface area contributed by atoms with Gasteiger partial charge in [0.15, 0.2) is 11.4 Å². The number of fused-ring (bicyclic) bond motifs is 3. The number of ether oxygens (including phenoxy) is 1. The number of benzene rings is 1. The number of unbranched alkanes of at least 4 members (excludes halogenated alkanes) is 1. The number of hydrogen-bond acceptors (Lipinski definition) is 5. The minimum atomic E-state index is -1.19. The van der Waals surface area contributed by atoms with Crippen LogP contribution in [0.1, 0.15) is 65.6 Å². The summed E-state index contributed by atoms with van der Waals surface area (Å²) < 4.78 is 48.1. The van der Waals surface area contributed by atoms with E-state index in [2.05, 4.69) is 5.32 Å². The van der Waals surface area contributed by atoms with Crippen molar-refractivity contribution >= 4 is 11.8 Å². The molecule has 2 N–H and O–H groups in total. The molecule has 2 aliphatic heterocycles. The lowest BCUT2D eigenvalue weighted by molar-refractivity contribution is -0.0705. The van der Waals surface area contributed by atoms with Gasteiger partial charge in [-0.3, -0.25) is 14.4 Å². The first kappa shape index (κ1) is 24.8. The molecule has 35 heavy (non-hydrogen) atoms. The van der Waals surface area contributed by atoms with Gasteiger partial charge in [0.25, 0.3) is 11.8 Å². The molecule has 3 heterocycles. The lowest BCUT2D eigenvalue weighted by atomic mass is 9.83. The van der Waals surface area contributed by atoms with Crippen LogP contribution in [0, 0.1) is 17.5 Å². The molecule has 0 radical (unpaired) electrons. The predicted octanol–water partition coefficient (Wildman–Crippen LogP) is 2.88. The molecule has 4 rings (SSSR count). The zero-order chi connectivity index (χ0) is 25.5. The van der Waals surface area contributed by atoms with E-state index >= 15 is 0 Å². The quantitative estimate of drug-likeness (QED) is 0.645. The molecule has 2 aliphatic rings. The van der Waals surface area contributed by atoms with Gasteiger partial charge in [-0.15, -0.1) is 0 Å². The van der Waals surface area contributed by atoms with Crippen LogP contribution in [0.5, 0.6) is 5.75 Å². The highest BCUT2D eigenvalue weighted by molar-refractivity contribution is 5.99. The summed E-state index contributed by atoms with van der Waals surface area (Å²) in [5.41, 5.74) is -3.12. The summed E-state index contributed by atoms with van der Waals surface area (Å²) in [6.45, 7) is 4.23. The number of hydrogen-bond donors (Lipinski definition) is 2. The van der Waals surface area contributed by atoms with Gasteiger partial charge >= 0.3 is 0 Å². The van der Waals surface area contributed by atoms with E-state index in [9.17, 15) is 32.7 Å². The van der Waals surface area contributed by atoms with Crippen LogP contribution in [0.25, 0.3) is 0 Å². The zero-order valence-corrected chi connectivity index (χ0v) is 19.4. The van der Waals surface area contributed by atoms with Crippen LogP contribution >= 0.6 is 0 Å². The number of rotatable bonds is 6. The number of pyridine rings is 1. The highest BCUT2D eigenvalue weighted by Crippen LogP contribution is 2.42. The fraction of sp³-hybridized carbons (Fsp3) is 0.458. The number of nitrogens with zero attached hydrogens (tertiary/aromatic N) is 2. The Morgan fingerprint density at radius 3 is 2.60 bits per heavy atom. The predicted molar refractivity (Wildman–Crippen MR) is 119 cm³/mol. The van der Waals surface area contributed by atoms with Crippen molar-refractivity contribution in [1.82, 2.24) is 14.8 Å². The smallest absolute Gasteiger partial charge is 0.275 e. The molecule has 1 aromatic heterocycles. The van der Waals surface area contributed by atoms with Gasteiger partial charge in [0.05, 0.1) is 18.2 Å². The van der Waals surface area contributed by atoms with Gasteiger partial charge in [0, 0.05) is 43.6 Å². The minimum Gasteiger partial charge on any atom is -0.503 e. The first-order valence-corrected chi connectivity index (χ1v) is 11.4. The monoisotopic (exact) mass is 493 g/mol. The average molecular weight is 493 g/mol. The number of aromatic nitrogens is 1. The van der Waals surface area contributed by atoms with Crippen molar-refractivity contribution in [3.05, 3.63) is 62.8 Å². The van der Waals surface area contributed by atoms with E-state index in [0.29, 0.717) is 31.7 Å². The highest BCUT2D eigenvalue weighted by Gasteiger charge is 2.51. The lowest BCUT2D eigenvalue weighted by Gasteiger charge is -2.53. The molecule has 1 saturated heterocycles. The summed E-state index contributed by atoms with van der Waals surface area (Å²) in [6.07, 6.45) is 3.22. The van der Waals surface area contributed by atoms with E-state index in [0.717, 1.165) is 12.8 Å². The Morgan fingerprint density at radius 1 is 1.26 bits per heavy atom. The van der Waals surface area contributed by atoms with Gasteiger partial charge in [-0.25, -0.2) is 13.2 Å².